The number of aliphatic hydroxyl groups is 1. The molecule has 4 nitrogen and oxygen atoms in total. The average Bonchev–Trinajstić information content (AvgIpc) is 3.35. The summed E-state index contributed by atoms with van der Waals surface area (Å²) < 4.78 is 7.01. The maximum absolute atomic E-state index is 13.5. The smallest absolute Gasteiger partial charge is 0.343 e. The Morgan fingerprint density at radius 1 is 1.00 bits per heavy atom. The van der Waals surface area contributed by atoms with Crippen LogP contribution in [0.1, 0.15) is 56.1 Å². The van der Waals surface area contributed by atoms with Crippen LogP contribution in [0.4, 0.5) is 0 Å². The Balaban J connectivity index is 1.40. The van der Waals surface area contributed by atoms with E-state index in [-0.39, 0.29) is 12.0 Å². The van der Waals surface area contributed by atoms with Crippen molar-refractivity contribution in [2.45, 2.75) is 63.1 Å². The second-order valence-corrected chi connectivity index (χ2v) is 10.1. The van der Waals surface area contributed by atoms with Crippen molar-refractivity contribution < 1.29 is 19.1 Å². The van der Waals surface area contributed by atoms with Crippen molar-refractivity contribution in [3.05, 3.63) is 71.8 Å². The van der Waals surface area contributed by atoms with Crippen LogP contribution in [-0.2, 0) is 21.6 Å². The van der Waals surface area contributed by atoms with Crippen molar-refractivity contribution in [2.75, 3.05) is 26.7 Å². The number of rotatable bonds is 8. The van der Waals surface area contributed by atoms with Crippen molar-refractivity contribution in [2.24, 2.45) is 5.92 Å². The molecule has 4 rings (SSSR count). The van der Waals surface area contributed by atoms with Crippen LogP contribution in [0.3, 0.4) is 0 Å². The van der Waals surface area contributed by atoms with Gasteiger partial charge in [0.25, 0.3) is 0 Å². The first-order chi connectivity index (χ1) is 15.5. The zero-order chi connectivity index (χ0) is 22.4. The Bertz CT molecular complexity index is 865. The van der Waals surface area contributed by atoms with Gasteiger partial charge < -0.3 is 14.3 Å². The second kappa shape index (κ2) is 10.2. The van der Waals surface area contributed by atoms with Crippen molar-refractivity contribution in [3.8, 4) is 0 Å². The van der Waals surface area contributed by atoms with E-state index in [1.54, 1.807) is 0 Å². The fourth-order valence-corrected chi connectivity index (χ4v) is 5.78. The van der Waals surface area contributed by atoms with Crippen LogP contribution in [0.15, 0.2) is 60.7 Å². The second-order valence-electron chi connectivity index (χ2n) is 10.1. The Kier molecular flexibility index (Phi) is 7.32. The lowest BCUT2D eigenvalue weighted by Gasteiger charge is -2.42. The number of piperidine rings is 1. The van der Waals surface area contributed by atoms with E-state index < -0.39 is 11.6 Å². The summed E-state index contributed by atoms with van der Waals surface area (Å²) in [4.78, 5) is 13.5. The summed E-state index contributed by atoms with van der Waals surface area (Å²) in [6.45, 7) is 3.03. The van der Waals surface area contributed by atoms with Gasteiger partial charge in [-0.15, -0.1) is 0 Å². The van der Waals surface area contributed by atoms with Gasteiger partial charge in [-0.05, 0) is 36.8 Å². The highest BCUT2D eigenvalue weighted by Crippen LogP contribution is 2.42. The third kappa shape index (κ3) is 5.24. The number of likely N-dealkylation sites (tertiary alicyclic amines) is 1. The molecule has 2 aromatic rings. The molecule has 0 amide bonds. The summed E-state index contributed by atoms with van der Waals surface area (Å²) >= 11 is 0. The van der Waals surface area contributed by atoms with Crippen molar-refractivity contribution in [1.82, 2.24) is 0 Å². The predicted molar refractivity (Wildman–Crippen MR) is 127 cm³/mol. The lowest BCUT2D eigenvalue weighted by molar-refractivity contribution is -0.917. The molecule has 2 unspecified atom stereocenters. The standard InChI is InChI=1S/C28H38NO3/c1-29(20-10-14-23-12-4-2-5-13-23)21-11-19-26(22-29)32-27(30)28(31,25-17-8-9-18-25)24-15-6-3-7-16-24/h2-7,12-13,15-16,25-26,31H,8-11,14,17-22H2,1H3/q+1/t26?,28?,29-/m1/s1. The van der Waals surface area contributed by atoms with Gasteiger partial charge in [-0.3, -0.25) is 0 Å². The topological polar surface area (TPSA) is 46.5 Å². The van der Waals surface area contributed by atoms with E-state index in [2.05, 4.69) is 37.4 Å². The minimum atomic E-state index is -1.54. The Hall–Kier alpha value is -2.17. The molecule has 0 bridgehead atoms. The van der Waals surface area contributed by atoms with E-state index in [1.807, 2.05) is 30.3 Å². The summed E-state index contributed by atoms with van der Waals surface area (Å²) in [6.07, 6.45) is 7.87. The third-order valence-corrected chi connectivity index (χ3v) is 7.62. The summed E-state index contributed by atoms with van der Waals surface area (Å²) in [7, 11) is 2.28. The normalized spacial score (nSPS) is 25.9. The van der Waals surface area contributed by atoms with Crippen molar-refractivity contribution in [1.29, 1.82) is 0 Å². The van der Waals surface area contributed by atoms with Gasteiger partial charge in [0, 0.05) is 18.8 Å². The van der Waals surface area contributed by atoms with Gasteiger partial charge in [0.1, 0.15) is 6.54 Å². The molecule has 0 aromatic heterocycles. The molecule has 1 aliphatic heterocycles. The first-order valence-corrected chi connectivity index (χ1v) is 12.4. The maximum Gasteiger partial charge on any atom is 0.343 e. The molecule has 172 valence electrons. The average molecular weight is 437 g/mol. The molecule has 1 saturated heterocycles. The molecule has 1 saturated carbocycles. The quantitative estimate of drug-likeness (QED) is 0.475. The number of nitrogens with zero attached hydrogens (tertiary/aromatic N) is 1. The van der Waals surface area contributed by atoms with Crippen molar-refractivity contribution in [3.63, 3.8) is 0 Å². The van der Waals surface area contributed by atoms with Crippen LogP contribution in [0.25, 0.3) is 0 Å². The molecular weight excluding hydrogens is 398 g/mol. The van der Waals surface area contributed by atoms with E-state index >= 15 is 0 Å². The van der Waals surface area contributed by atoms with E-state index in [0.717, 1.165) is 75.5 Å². The molecule has 4 heteroatoms. The first-order valence-electron chi connectivity index (χ1n) is 12.4. The van der Waals surface area contributed by atoms with E-state index in [0.29, 0.717) is 5.56 Å². The SMILES string of the molecule is C[N@@+]1(CCCc2ccccc2)CCCC(OC(=O)C(O)(c2ccccc2)C2CCCC2)C1. The maximum atomic E-state index is 13.5. The minimum absolute atomic E-state index is 0.0623. The van der Waals surface area contributed by atoms with Crippen molar-refractivity contribution >= 4 is 5.97 Å². The number of carbonyl (C=O) groups is 1. The third-order valence-electron chi connectivity index (χ3n) is 7.62. The van der Waals surface area contributed by atoms with Crippen LogP contribution >= 0.6 is 0 Å². The molecule has 1 N–H and O–H groups in total. The molecule has 32 heavy (non-hydrogen) atoms. The molecule has 0 radical (unpaired) electrons. The Morgan fingerprint density at radius 3 is 2.34 bits per heavy atom. The molecule has 2 fully saturated rings. The lowest BCUT2D eigenvalue weighted by atomic mass is 9.80. The van der Waals surface area contributed by atoms with Gasteiger partial charge in [-0.25, -0.2) is 4.79 Å². The highest BCUT2D eigenvalue weighted by molar-refractivity contribution is 5.81. The number of benzene rings is 2. The molecule has 1 aliphatic carbocycles. The number of likely N-dealkylation sites (N-methyl/N-ethyl adjacent to an activating group) is 1. The zero-order valence-electron chi connectivity index (χ0n) is 19.4. The number of quaternary nitrogens is 1. The highest BCUT2D eigenvalue weighted by Gasteiger charge is 2.49. The van der Waals surface area contributed by atoms with Gasteiger partial charge in [0.05, 0.1) is 20.1 Å². The van der Waals surface area contributed by atoms with Gasteiger partial charge in [-0.2, -0.15) is 0 Å². The number of esters is 1. The van der Waals surface area contributed by atoms with Crippen LogP contribution in [0, 0.1) is 5.92 Å². The van der Waals surface area contributed by atoms with Crippen LogP contribution in [0.2, 0.25) is 0 Å². The highest BCUT2D eigenvalue weighted by atomic mass is 16.6. The van der Waals surface area contributed by atoms with Gasteiger partial charge in [-0.1, -0.05) is 73.5 Å². The van der Waals surface area contributed by atoms with Gasteiger partial charge in [0.15, 0.2) is 11.7 Å². The van der Waals surface area contributed by atoms with Crippen LogP contribution in [0.5, 0.6) is 0 Å². The minimum Gasteiger partial charge on any atom is -0.454 e. The number of hydrogen-bond acceptors (Lipinski definition) is 3. The largest absolute Gasteiger partial charge is 0.454 e. The fraction of sp³-hybridized carbons (Fsp3) is 0.536. The fourth-order valence-electron chi connectivity index (χ4n) is 5.78. The first kappa shape index (κ1) is 23.0. The summed E-state index contributed by atoms with van der Waals surface area (Å²) in [5.74, 6) is -0.508. The van der Waals surface area contributed by atoms with E-state index in [9.17, 15) is 9.90 Å². The lowest BCUT2D eigenvalue weighted by Crippen LogP contribution is -2.55. The molecule has 1 heterocycles. The summed E-state index contributed by atoms with van der Waals surface area (Å²) in [6, 6.07) is 20.1. The summed E-state index contributed by atoms with van der Waals surface area (Å²) in [5, 5.41) is 11.7. The molecule has 2 aromatic carbocycles. The Morgan fingerprint density at radius 2 is 1.66 bits per heavy atom. The van der Waals surface area contributed by atoms with Gasteiger partial charge >= 0.3 is 5.97 Å². The summed E-state index contributed by atoms with van der Waals surface area (Å²) in [5.41, 5.74) is 0.516. The number of hydrogen-bond donors (Lipinski definition) is 1. The van der Waals surface area contributed by atoms with E-state index in [1.165, 1.54) is 5.56 Å². The molecular formula is C28H38NO3+. The zero-order valence-corrected chi connectivity index (χ0v) is 19.4. The monoisotopic (exact) mass is 436 g/mol. The molecule has 3 atom stereocenters. The number of carbonyl (C=O) groups excluding carboxylic acids is 1. The molecule has 2 aliphatic rings. The van der Waals surface area contributed by atoms with Crippen LogP contribution in [-0.4, -0.2) is 48.3 Å². The van der Waals surface area contributed by atoms with Crippen LogP contribution < -0.4 is 0 Å². The van der Waals surface area contributed by atoms with Gasteiger partial charge in [0.2, 0.25) is 0 Å². The molecule has 0 spiro atoms. The number of ether oxygens (including phenoxy) is 1. The Labute approximate surface area is 192 Å². The number of aryl methyl sites for hydroxylation is 1. The van der Waals surface area contributed by atoms with E-state index in [4.69, 9.17) is 4.74 Å². The predicted octanol–water partition coefficient (Wildman–Crippen LogP) is 4.85.